The van der Waals surface area contributed by atoms with E-state index in [1.54, 1.807) is 29.2 Å². The van der Waals surface area contributed by atoms with Gasteiger partial charge in [0.2, 0.25) is 0 Å². The maximum absolute atomic E-state index is 13.5. The quantitative estimate of drug-likeness (QED) is 0.346. The maximum Gasteiger partial charge on any atom is 0.265 e. The van der Waals surface area contributed by atoms with Crippen LogP contribution in [0.5, 0.6) is 0 Å². The van der Waals surface area contributed by atoms with Crippen LogP contribution in [-0.4, -0.2) is 18.4 Å². The van der Waals surface area contributed by atoms with Crippen molar-refractivity contribution in [2.45, 2.75) is 31.2 Å². The number of hydrogen-bond donors (Lipinski definition) is 1. The Bertz CT molecular complexity index is 1180. The molecule has 6 heteroatoms. The summed E-state index contributed by atoms with van der Waals surface area (Å²) in [4.78, 5) is 29.3. The number of carbonyl (C=O) groups is 2. The van der Waals surface area contributed by atoms with Crippen LogP contribution in [0.25, 0.3) is 6.08 Å². The first-order valence-electron chi connectivity index (χ1n) is 11.0. The zero-order chi connectivity index (χ0) is 23.2. The van der Waals surface area contributed by atoms with Crippen molar-refractivity contribution in [3.05, 3.63) is 100 Å². The number of fused-ring (bicyclic) bond motifs is 1. The number of rotatable bonds is 7. The topological polar surface area (TPSA) is 49.4 Å². The lowest BCUT2D eigenvalue weighted by Crippen LogP contribution is -2.34. The molecule has 1 aliphatic heterocycles. The summed E-state index contributed by atoms with van der Waals surface area (Å²) in [6.07, 6.45) is 3.78. The predicted octanol–water partition coefficient (Wildman–Crippen LogP) is 6.04. The van der Waals surface area contributed by atoms with E-state index in [0.29, 0.717) is 22.7 Å². The van der Waals surface area contributed by atoms with Gasteiger partial charge in [0.1, 0.15) is 5.82 Å². The fourth-order valence-corrected chi connectivity index (χ4v) is 4.60. The van der Waals surface area contributed by atoms with Gasteiger partial charge >= 0.3 is 0 Å². The molecular weight excluding hydrogens is 435 g/mol. The molecular formula is C27H25FN2O2S. The minimum atomic E-state index is -0.324. The molecule has 168 valence electrons. The third kappa shape index (κ3) is 5.52. The molecule has 1 heterocycles. The number of hydrogen-bond acceptors (Lipinski definition) is 3. The number of anilines is 1. The fourth-order valence-electron chi connectivity index (χ4n) is 3.56. The second-order valence-electron chi connectivity index (χ2n) is 7.83. The van der Waals surface area contributed by atoms with Crippen LogP contribution in [0.3, 0.4) is 0 Å². The number of amides is 2. The van der Waals surface area contributed by atoms with Crippen molar-refractivity contribution in [3.8, 4) is 0 Å². The summed E-state index contributed by atoms with van der Waals surface area (Å²) in [6.45, 7) is 2.96. The standard InChI is InChI=1S/C27H25FN2O2S/c1-2-3-15-29-26(31)21-11-14-24-23(17-21)30(18-20-9-12-22(28)13-10-20)27(32)25(33-24)16-19-7-5-4-6-8-19/h4-14,16-17H,2-3,15,18H2,1H3,(H,29,31)/b25-16-. The number of carbonyl (C=O) groups excluding carboxylic acids is 2. The first-order valence-corrected chi connectivity index (χ1v) is 11.8. The third-order valence-corrected chi connectivity index (χ3v) is 6.43. The second-order valence-corrected chi connectivity index (χ2v) is 8.91. The van der Waals surface area contributed by atoms with E-state index in [1.807, 2.05) is 42.5 Å². The molecule has 0 spiro atoms. The average molecular weight is 461 g/mol. The molecule has 0 saturated heterocycles. The minimum Gasteiger partial charge on any atom is -0.352 e. The lowest BCUT2D eigenvalue weighted by atomic mass is 10.1. The molecule has 0 atom stereocenters. The SMILES string of the molecule is CCCCNC(=O)c1ccc2c(c1)N(Cc1ccc(F)cc1)C(=O)/C(=C/c1ccccc1)S2. The zero-order valence-corrected chi connectivity index (χ0v) is 19.2. The molecule has 0 unspecified atom stereocenters. The summed E-state index contributed by atoms with van der Waals surface area (Å²) in [7, 11) is 0. The molecule has 1 aliphatic rings. The lowest BCUT2D eigenvalue weighted by Gasteiger charge is -2.31. The van der Waals surface area contributed by atoms with Gasteiger partial charge in [-0.3, -0.25) is 9.59 Å². The van der Waals surface area contributed by atoms with Gasteiger partial charge in [0.15, 0.2) is 0 Å². The van der Waals surface area contributed by atoms with Crippen LogP contribution in [0.4, 0.5) is 10.1 Å². The van der Waals surface area contributed by atoms with Crippen molar-refractivity contribution in [2.24, 2.45) is 0 Å². The average Bonchev–Trinajstić information content (AvgIpc) is 2.83. The van der Waals surface area contributed by atoms with Gasteiger partial charge in [-0.05, 0) is 54.0 Å². The summed E-state index contributed by atoms with van der Waals surface area (Å²) in [5.41, 5.74) is 2.94. The number of thioether (sulfide) groups is 1. The Morgan fingerprint density at radius 3 is 2.55 bits per heavy atom. The fraction of sp³-hybridized carbons (Fsp3) is 0.185. The van der Waals surface area contributed by atoms with Crippen molar-refractivity contribution >= 4 is 35.3 Å². The highest BCUT2D eigenvalue weighted by atomic mass is 32.2. The van der Waals surface area contributed by atoms with Gasteiger partial charge in [0, 0.05) is 17.0 Å². The predicted molar refractivity (Wildman–Crippen MR) is 132 cm³/mol. The van der Waals surface area contributed by atoms with Crippen molar-refractivity contribution in [2.75, 3.05) is 11.4 Å². The van der Waals surface area contributed by atoms with E-state index in [0.717, 1.165) is 28.9 Å². The van der Waals surface area contributed by atoms with E-state index in [1.165, 1.54) is 23.9 Å². The maximum atomic E-state index is 13.5. The number of nitrogens with zero attached hydrogens (tertiary/aromatic N) is 1. The van der Waals surface area contributed by atoms with Crippen LogP contribution in [-0.2, 0) is 11.3 Å². The largest absolute Gasteiger partial charge is 0.352 e. The van der Waals surface area contributed by atoms with Gasteiger partial charge in [0.05, 0.1) is 17.1 Å². The number of halogens is 1. The van der Waals surface area contributed by atoms with Gasteiger partial charge in [-0.25, -0.2) is 4.39 Å². The highest BCUT2D eigenvalue weighted by Crippen LogP contribution is 2.43. The van der Waals surface area contributed by atoms with Crippen LogP contribution in [0.2, 0.25) is 0 Å². The van der Waals surface area contributed by atoms with Crippen molar-refractivity contribution < 1.29 is 14.0 Å². The van der Waals surface area contributed by atoms with Gasteiger partial charge in [0.25, 0.3) is 11.8 Å². The second kappa shape index (κ2) is 10.5. The van der Waals surface area contributed by atoms with E-state index < -0.39 is 0 Å². The zero-order valence-electron chi connectivity index (χ0n) is 18.4. The summed E-state index contributed by atoms with van der Waals surface area (Å²) >= 11 is 1.40. The Morgan fingerprint density at radius 2 is 1.82 bits per heavy atom. The van der Waals surface area contributed by atoms with E-state index in [-0.39, 0.29) is 24.2 Å². The summed E-state index contributed by atoms with van der Waals surface area (Å²) in [5, 5.41) is 2.93. The highest BCUT2D eigenvalue weighted by molar-refractivity contribution is 8.04. The number of benzene rings is 3. The molecule has 0 aliphatic carbocycles. The summed E-state index contributed by atoms with van der Waals surface area (Å²) < 4.78 is 13.4. The summed E-state index contributed by atoms with van der Waals surface area (Å²) in [6, 6.07) is 21.3. The number of unbranched alkanes of at least 4 members (excludes halogenated alkanes) is 1. The van der Waals surface area contributed by atoms with Gasteiger partial charge < -0.3 is 10.2 Å². The van der Waals surface area contributed by atoms with E-state index in [4.69, 9.17) is 0 Å². The summed E-state index contributed by atoms with van der Waals surface area (Å²) in [5.74, 6) is -0.629. The molecule has 33 heavy (non-hydrogen) atoms. The Labute approximate surface area is 197 Å². The molecule has 0 fully saturated rings. The molecule has 2 amide bonds. The van der Waals surface area contributed by atoms with Crippen molar-refractivity contribution in [3.63, 3.8) is 0 Å². The van der Waals surface area contributed by atoms with Crippen molar-refractivity contribution in [1.82, 2.24) is 5.32 Å². The molecule has 3 aromatic rings. The first kappa shape index (κ1) is 22.8. The Kier molecular flexibility index (Phi) is 7.25. The van der Waals surface area contributed by atoms with Gasteiger partial charge in [-0.15, -0.1) is 0 Å². The molecule has 0 bridgehead atoms. The van der Waals surface area contributed by atoms with E-state index >= 15 is 0 Å². The molecule has 0 radical (unpaired) electrons. The van der Waals surface area contributed by atoms with Crippen molar-refractivity contribution in [1.29, 1.82) is 0 Å². The molecule has 1 N–H and O–H groups in total. The molecule has 3 aromatic carbocycles. The first-order chi connectivity index (χ1) is 16.0. The lowest BCUT2D eigenvalue weighted by molar-refractivity contribution is -0.114. The number of nitrogens with one attached hydrogen (secondary N) is 1. The van der Waals surface area contributed by atoms with Crippen LogP contribution >= 0.6 is 11.8 Å². The van der Waals surface area contributed by atoms with E-state index in [9.17, 15) is 14.0 Å². The van der Waals surface area contributed by atoms with Crippen LogP contribution in [0.1, 0.15) is 41.3 Å². The smallest absolute Gasteiger partial charge is 0.265 e. The van der Waals surface area contributed by atoms with Gasteiger partial charge in [-0.1, -0.05) is 67.6 Å². The van der Waals surface area contributed by atoms with Crippen LogP contribution in [0.15, 0.2) is 82.6 Å². The monoisotopic (exact) mass is 460 g/mol. The minimum absolute atomic E-state index is 0.149. The Balaban J connectivity index is 1.70. The molecule has 4 nitrogen and oxygen atoms in total. The van der Waals surface area contributed by atoms with Crippen LogP contribution < -0.4 is 10.2 Å². The molecule has 0 aromatic heterocycles. The Morgan fingerprint density at radius 1 is 1.06 bits per heavy atom. The third-order valence-electron chi connectivity index (χ3n) is 5.35. The van der Waals surface area contributed by atoms with E-state index in [2.05, 4.69) is 12.2 Å². The molecule has 4 rings (SSSR count). The van der Waals surface area contributed by atoms with Crippen LogP contribution in [0, 0.1) is 5.82 Å². The Hall–Kier alpha value is -3.38. The highest BCUT2D eigenvalue weighted by Gasteiger charge is 2.30. The van der Waals surface area contributed by atoms with Gasteiger partial charge in [-0.2, -0.15) is 0 Å². The molecule has 0 saturated carbocycles. The normalized spacial score (nSPS) is 14.3.